The SMILES string of the molecule is CCCC[C@H](C(=O)OCC(=O)Nc1cc(C)on1)N1C(=O)c2c(Cl)c(Cl)c(Cl)c(Cl)c2C1=O. The molecule has 1 aromatic heterocycles. The van der Waals surface area contributed by atoms with Crippen LogP contribution in [-0.2, 0) is 14.3 Å². The number of halogens is 4. The highest BCUT2D eigenvalue weighted by atomic mass is 35.5. The summed E-state index contributed by atoms with van der Waals surface area (Å²) < 4.78 is 9.92. The smallest absolute Gasteiger partial charge is 0.329 e. The summed E-state index contributed by atoms with van der Waals surface area (Å²) >= 11 is 24.4. The number of imide groups is 1. The van der Waals surface area contributed by atoms with Gasteiger partial charge in [-0.1, -0.05) is 71.3 Å². The second-order valence-corrected chi connectivity index (χ2v) is 8.63. The monoisotopic (exact) mass is 535 g/mol. The van der Waals surface area contributed by atoms with Crippen molar-refractivity contribution in [3.63, 3.8) is 0 Å². The van der Waals surface area contributed by atoms with Gasteiger partial charge in [-0.15, -0.1) is 0 Å². The van der Waals surface area contributed by atoms with Gasteiger partial charge in [0.05, 0.1) is 31.2 Å². The predicted octanol–water partition coefficient (Wildman–Crippen LogP) is 4.93. The first-order chi connectivity index (χ1) is 15.6. The zero-order chi connectivity index (χ0) is 24.4. The maximum absolute atomic E-state index is 13.1. The molecule has 3 amide bonds. The average Bonchev–Trinajstić information content (AvgIpc) is 3.29. The van der Waals surface area contributed by atoms with Crippen molar-refractivity contribution in [3.8, 4) is 0 Å². The van der Waals surface area contributed by atoms with Gasteiger partial charge >= 0.3 is 5.97 Å². The summed E-state index contributed by atoms with van der Waals surface area (Å²) in [5.74, 6) is -2.73. The molecule has 1 aromatic carbocycles. The number of ether oxygens (including phenoxy) is 1. The lowest BCUT2D eigenvalue weighted by Crippen LogP contribution is -2.46. The van der Waals surface area contributed by atoms with Gasteiger partial charge in [0.2, 0.25) is 0 Å². The number of aryl methyl sites for hydroxylation is 1. The standard InChI is InChI=1S/C20H17Cl4N3O6/c1-3-4-5-9(20(31)32-7-11(28)25-10-6-8(2)33-26-10)27-18(29)12-13(19(27)30)15(22)17(24)16(23)14(12)21/h6,9H,3-5,7H2,1-2H3,(H,25,26,28)/t9-/m1/s1. The van der Waals surface area contributed by atoms with Crippen LogP contribution >= 0.6 is 46.4 Å². The predicted molar refractivity (Wildman–Crippen MR) is 121 cm³/mol. The largest absolute Gasteiger partial charge is 0.454 e. The molecule has 1 aliphatic heterocycles. The minimum Gasteiger partial charge on any atom is -0.454 e. The Morgan fingerprint density at radius 1 is 1.09 bits per heavy atom. The average molecular weight is 537 g/mol. The van der Waals surface area contributed by atoms with Crippen LogP contribution in [0.25, 0.3) is 0 Å². The van der Waals surface area contributed by atoms with Crippen molar-refractivity contribution in [2.24, 2.45) is 0 Å². The molecule has 0 bridgehead atoms. The molecule has 0 unspecified atom stereocenters. The van der Waals surface area contributed by atoms with E-state index in [0.29, 0.717) is 23.5 Å². The lowest BCUT2D eigenvalue weighted by molar-refractivity contribution is -0.151. The number of hydrogen-bond acceptors (Lipinski definition) is 7. The summed E-state index contributed by atoms with van der Waals surface area (Å²) in [4.78, 5) is 51.8. The van der Waals surface area contributed by atoms with Crippen LogP contribution in [0.5, 0.6) is 0 Å². The number of unbranched alkanes of at least 4 members (excludes halogenated alkanes) is 1. The number of benzene rings is 1. The van der Waals surface area contributed by atoms with Gasteiger partial charge < -0.3 is 14.6 Å². The molecular weight excluding hydrogens is 520 g/mol. The number of amides is 3. The fourth-order valence-corrected chi connectivity index (χ4v) is 4.25. The minimum absolute atomic E-state index is 0.0988. The molecular formula is C20H17Cl4N3O6. The number of carbonyl (C=O) groups is 4. The van der Waals surface area contributed by atoms with Gasteiger partial charge in [-0.05, 0) is 13.3 Å². The Labute approximate surface area is 208 Å². The summed E-state index contributed by atoms with van der Waals surface area (Å²) in [5.41, 5.74) is -0.482. The van der Waals surface area contributed by atoms with Gasteiger partial charge in [0, 0.05) is 6.07 Å². The normalized spacial score (nSPS) is 13.8. The highest BCUT2D eigenvalue weighted by Gasteiger charge is 2.47. The van der Waals surface area contributed by atoms with Gasteiger partial charge in [0.15, 0.2) is 12.4 Å². The molecule has 176 valence electrons. The van der Waals surface area contributed by atoms with Gasteiger partial charge in [-0.25, -0.2) is 4.79 Å². The molecule has 1 atom stereocenters. The van der Waals surface area contributed by atoms with E-state index in [1.54, 1.807) is 6.92 Å². The van der Waals surface area contributed by atoms with Crippen LogP contribution in [-0.4, -0.2) is 46.4 Å². The molecule has 2 aromatic rings. The lowest BCUT2D eigenvalue weighted by atomic mass is 10.1. The first-order valence-corrected chi connectivity index (χ1v) is 11.2. The van der Waals surface area contributed by atoms with E-state index in [4.69, 9.17) is 55.7 Å². The topological polar surface area (TPSA) is 119 Å². The van der Waals surface area contributed by atoms with Crippen molar-refractivity contribution in [3.05, 3.63) is 43.0 Å². The van der Waals surface area contributed by atoms with Gasteiger partial charge in [0.25, 0.3) is 17.7 Å². The van der Waals surface area contributed by atoms with E-state index < -0.39 is 36.3 Å². The third kappa shape index (κ3) is 4.96. The van der Waals surface area contributed by atoms with E-state index in [0.717, 1.165) is 0 Å². The first kappa shape index (κ1) is 25.3. The molecule has 1 N–H and O–H groups in total. The summed E-state index contributed by atoms with van der Waals surface area (Å²) in [6.07, 6.45) is 1.25. The van der Waals surface area contributed by atoms with Gasteiger partial charge in [-0.3, -0.25) is 19.3 Å². The van der Waals surface area contributed by atoms with E-state index in [1.165, 1.54) is 6.07 Å². The molecule has 2 heterocycles. The Bertz CT molecular complexity index is 1100. The molecule has 0 fully saturated rings. The maximum Gasteiger partial charge on any atom is 0.329 e. The summed E-state index contributed by atoms with van der Waals surface area (Å²) in [6, 6.07) is 0.163. The molecule has 13 heteroatoms. The summed E-state index contributed by atoms with van der Waals surface area (Å²) in [5, 5.41) is 5.15. The van der Waals surface area contributed by atoms with E-state index in [1.807, 2.05) is 6.92 Å². The highest BCUT2D eigenvalue weighted by Crippen LogP contribution is 2.45. The van der Waals surface area contributed by atoms with Crippen LogP contribution < -0.4 is 5.32 Å². The van der Waals surface area contributed by atoms with Crippen molar-refractivity contribution in [1.82, 2.24) is 10.1 Å². The number of hydrogen-bond donors (Lipinski definition) is 1. The fourth-order valence-electron chi connectivity index (χ4n) is 3.24. The van der Waals surface area contributed by atoms with Crippen LogP contribution in [0.15, 0.2) is 10.6 Å². The molecule has 3 rings (SSSR count). The Morgan fingerprint density at radius 2 is 1.67 bits per heavy atom. The van der Waals surface area contributed by atoms with E-state index in [2.05, 4.69) is 10.5 Å². The highest BCUT2D eigenvalue weighted by molar-refractivity contribution is 6.55. The fraction of sp³-hybridized carbons (Fsp3) is 0.350. The number of aromatic nitrogens is 1. The molecule has 0 aliphatic carbocycles. The molecule has 9 nitrogen and oxygen atoms in total. The van der Waals surface area contributed by atoms with Gasteiger partial charge in [-0.2, -0.15) is 0 Å². The van der Waals surface area contributed by atoms with Crippen LogP contribution in [0.3, 0.4) is 0 Å². The third-order valence-corrected chi connectivity index (χ3v) is 6.59. The Kier molecular flexibility index (Phi) is 7.89. The number of carbonyl (C=O) groups excluding carboxylic acids is 4. The zero-order valence-corrected chi connectivity index (χ0v) is 20.4. The molecule has 0 radical (unpaired) electrons. The summed E-state index contributed by atoms with van der Waals surface area (Å²) in [7, 11) is 0. The number of rotatable bonds is 8. The molecule has 0 saturated carbocycles. The van der Waals surface area contributed by atoms with Gasteiger partial charge in [0.1, 0.15) is 11.8 Å². The molecule has 0 spiro atoms. The van der Waals surface area contributed by atoms with Crippen LogP contribution in [0.2, 0.25) is 20.1 Å². The molecule has 1 aliphatic rings. The lowest BCUT2D eigenvalue weighted by Gasteiger charge is -2.24. The van der Waals surface area contributed by atoms with Crippen molar-refractivity contribution in [2.75, 3.05) is 11.9 Å². The summed E-state index contributed by atoms with van der Waals surface area (Å²) in [6.45, 7) is 2.84. The van der Waals surface area contributed by atoms with Crippen molar-refractivity contribution in [2.45, 2.75) is 39.2 Å². The van der Waals surface area contributed by atoms with E-state index >= 15 is 0 Å². The second-order valence-electron chi connectivity index (χ2n) is 7.12. The molecule has 33 heavy (non-hydrogen) atoms. The maximum atomic E-state index is 13.1. The van der Waals surface area contributed by atoms with Crippen LogP contribution in [0.4, 0.5) is 5.82 Å². The number of nitrogens with one attached hydrogen (secondary N) is 1. The number of nitrogens with zero attached hydrogens (tertiary/aromatic N) is 2. The van der Waals surface area contributed by atoms with Crippen molar-refractivity contribution >= 4 is 75.9 Å². The van der Waals surface area contributed by atoms with Crippen LogP contribution in [0, 0.1) is 6.92 Å². The Balaban J connectivity index is 1.82. The second kappa shape index (κ2) is 10.3. The van der Waals surface area contributed by atoms with Crippen molar-refractivity contribution in [1.29, 1.82) is 0 Å². The van der Waals surface area contributed by atoms with E-state index in [-0.39, 0.29) is 43.5 Å². The quantitative estimate of drug-likeness (QED) is 0.220. The number of esters is 1. The third-order valence-electron chi connectivity index (χ3n) is 4.79. The first-order valence-electron chi connectivity index (χ1n) is 9.72. The Hall–Kier alpha value is -2.33. The van der Waals surface area contributed by atoms with Crippen molar-refractivity contribution < 1.29 is 28.4 Å². The van der Waals surface area contributed by atoms with E-state index in [9.17, 15) is 19.2 Å². The van der Waals surface area contributed by atoms with Crippen LogP contribution in [0.1, 0.15) is 52.7 Å². The molecule has 0 saturated heterocycles. The minimum atomic E-state index is -1.32. The number of anilines is 1. The Morgan fingerprint density at radius 3 is 2.15 bits per heavy atom. The zero-order valence-electron chi connectivity index (χ0n) is 17.3. The number of fused-ring (bicyclic) bond motifs is 1.